The van der Waals surface area contributed by atoms with Crippen molar-refractivity contribution < 1.29 is 4.84 Å². The Morgan fingerprint density at radius 2 is 1.62 bits per heavy atom. The number of thioether (sulfide) groups is 1. The SMILES string of the molecule is CCSc1c(C)cc(C2=NOC(c3cc(C)cc(C)c3)C2)cc1C. The number of nitrogens with zero attached hydrogens (tertiary/aromatic N) is 1. The van der Waals surface area contributed by atoms with E-state index in [-0.39, 0.29) is 6.10 Å². The van der Waals surface area contributed by atoms with Crippen LogP contribution in [-0.2, 0) is 4.84 Å². The highest BCUT2D eigenvalue weighted by atomic mass is 32.2. The van der Waals surface area contributed by atoms with Gasteiger partial charge in [0.1, 0.15) is 0 Å². The molecule has 1 unspecified atom stereocenters. The predicted molar refractivity (Wildman–Crippen MR) is 103 cm³/mol. The molecule has 2 aromatic rings. The number of aryl methyl sites for hydroxylation is 4. The Hall–Kier alpha value is -1.74. The lowest BCUT2D eigenvalue weighted by Gasteiger charge is -2.12. The summed E-state index contributed by atoms with van der Waals surface area (Å²) in [6.07, 6.45) is 0.867. The van der Waals surface area contributed by atoms with Crippen molar-refractivity contribution in [2.75, 3.05) is 5.75 Å². The molecule has 0 radical (unpaired) electrons. The maximum absolute atomic E-state index is 5.76. The molecular weight excluding hydrogens is 314 g/mol. The van der Waals surface area contributed by atoms with E-state index in [0.29, 0.717) is 0 Å². The lowest BCUT2D eigenvalue weighted by molar-refractivity contribution is 0.0856. The van der Waals surface area contributed by atoms with Crippen molar-refractivity contribution in [1.29, 1.82) is 0 Å². The fraction of sp³-hybridized carbons (Fsp3) is 0.381. The average Bonchev–Trinajstić information content (AvgIpc) is 3.00. The highest BCUT2D eigenvalue weighted by Crippen LogP contribution is 2.33. The fourth-order valence-corrected chi connectivity index (χ4v) is 4.27. The van der Waals surface area contributed by atoms with Crippen molar-refractivity contribution in [3.63, 3.8) is 0 Å². The van der Waals surface area contributed by atoms with Crippen LogP contribution in [0.5, 0.6) is 0 Å². The van der Waals surface area contributed by atoms with Crippen LogP contribution < -0.4 is 0 Å². The third-order valence-corrected chi connectivity index (χ3v) is 5.59. The van der Waals surface area contributed by atoms with Crippen LogP contribution in [-0.4, -0.2) is 11.5 Å². The van der Waals surface area contributed by atoms with E-state index in [1.54, 1.807) is 0 Å². The summed E-state index contributed by atoms with van der Waals surface area (Å²) in [4.78, 5) is 7.15. The van der Waals surface area contributed by atoms with Crippen LogP contribution >= 0.6 is 11.8 Å². The summed E-state index contributed by atoms with van der Waals surface area (Å²) in [7, 11) is 0. The molecule has 0 fully saturated rings. The first-order valence-electron chi connectivity index (χ1n) is 8.53. The van der Waals surface area contributed by atoms with Gasteiger partial charge in [0.15, 0.2) is 6.10 Å². The molecule has 1 aliphatic heterocycles. The molecule has 3 heteroatoms. The Morgan fingerprint density at radius 3 is 2.21 bits per heavy atom. The normalized spacial score (nSPS) is 16.9. The zero-order valence-corrected chi connectivity index (χ0v) is 16.0. The average molecular weight is 340 g/mol. The molecule has 1 aliphatic rings. The second-order valence-electron chi connectivity index (χ2n) is 6.63. The number of rotatable bonds is 4. The monoisotopic (exact) mass is 339 g/mol. The first kappa shape index (κ1) is 17.1. The van der Waals surface area contributed by atoms with Crippen molar-refractivity contribution in [3.8, 4) is 0 Å². The second kappa shape index (κ2) is 7.02. The van der Waals surface area contributed by atoms with Crippen molar-refractivity contribution in [3.05, 3.63) is 63.7 Å². The summed E-state index contributed by atoms with van der Waals surface area (Å²) in [6.45, 7) is 10.8. The van der Waals surface area contributed by atoms with Gasteiger partial charge in [-0.1, -0.05) is 41.4 Å². The van der Waals surface area contributed by atoms with Gasteiger partial charge in [-0.2, -0.15) is 0 Å². The predicted octanol–water partition coefficient (Wildman–Crippen LogP) is 5.90. The van der Waals surface area contributed by atoms with Crippen LogP contribution in [0.1, 0.15) is 52.8 Å². The minimum atomic E-state index is 0.0314. The van der Waals surface area contributed by atoms with Gasteiger partial charge in [0.05, 0.1) is 5.71 Å². The molecule has 0 spiro atoms. The highest BCUT2D eigenvalue weighted by Gasteiger charge is 2.25. The molecule has 0 saturated heterocycles. The van der Waals surface area contributed by atoms with Gasteiger partial charge < -0.3 is 4.84 Å². The Kier molecular flexibility index (Phi) is 5.00. The van der Waals surface area contributed by atoms with Crippen LogP contribution in [0.4, 0.5) is 0 Å². The Morgan fingerprint density at radius 1 is 1.00 bits per heavy atom. The van der Waals surface area contributed by atoms with E-state index in [9.17, 15) is 0 Å². The number of oxime groups is 1. The Bertz CT molecular complexity index is 751. The third kappa shape index (κ3) is 3.51. The summed E-state index contributed by atoms with van der Waals surface area (Å²) in [5.74, 6) is 1.10. The van der Waals surface area contributed by atoms with Gasteiger partial charge in [0.25, 0.3) is 0 Å². The van der Waals surface area contributed by atoms with Gasteiger partial charge in [-0.05, 0) is 62.3 Å². The molecule has 1 atom stereocenters. The topological polar surface area (TPSA) is 21.6 Å². The first-order chi connectivity index (χ1) is 11.5. The van der Waals surface area contributed by atoms with Gasteiger partial charge in [-0.15, -0.1) is 11.8 Å². The molecule has 24 heavy (non-hydrogen) atoms. The molecule has 0 bridgehead atoms. The number of hydrogen-bond acceptors (Lipinski definition) is 3. The smallest absolute Gasteiger partial charge is 0.158 e. The van der Waals surface area contributed by atoms with Gasteiger partial charge in [0.2, 0.25) is 0 Å². The van der Waals surface area contributed by atoms with Crippen LogP contribution in [0, 0.1) is 27.7 Å². The summed E-state index contributed by atoms with van der Waals surface area (Å²) in [6, 6.07) is 11.1. The minimum Gasteiger partial charge on any atom is -0.387 e. The van der Waals surface area contributed by atoms with Crippen LogP contribution in [0.25, 0.3) is 0 Å². The van der Waals surface area contributed by atoms with E-state index >= 15 is 0 Å². The van der Waals surface area contributed by atoms with Gasteiger partial charge in [-0.3, -0.25) is 0 Å². The quantitative estimate of drug-likeness (QED) is 0.647. The van der Waals surface area contributed by atoms with E-state index < -0.39 is 0 Å². The molecular formula is C21H25NOS. The maximum atomic E-state index is 5.76. The molecule has 0 saturated carbocycles. The Labute approximate surface area is 149 Å². The lowest BCUT2D eigenvalue weighted by Crippen LogP contribution is -2.03. The van der Waals surface area contributed by atoms with E-state index in [1.807, 2.05) is 11.8 Å². The molecule has 3 rings (SSSR count). The van der Waals surface area contributed by atoms with Crippen LogP contribution in [0.2, 0.25) is 0 Å². The number of hydrogen-bond donors (Lipinski definition) is 0. The third-order valence-electron chi connectivity index (χ3n) is 4.37. The summed E-state index contributed by atoms with van der Waals surface area (Å²) >= 11 is 1.91. The largest absolute Gasteiger partial charge is 0.387 e. The van der Waals surface area contributed by atoms with E-state index in [2.05, 4.69) is 70.1 Å². The molecule has 1 heterocycles. The zero-order valence-electron chi connectivity index (χ0n) is 15.1. The van der Waals surface area contributed by atoms with E-state index in [1.165, 1.54) is 38.3 Å². The molecule has 0 aliphatic carbocycles. The zero-order chi connectivity index (χ0) is 17.3. The van der Waals surface area contributed by atoms with Crippen LogP contribution in [0.15, 0.2) is 40.4 Å². The molecule has 2 aromatic carbocycles. The molecule has 0 aromatic heterocycles. The molecule has 2 nitrogen and oxygen atoms in total. The van der Waals surface area contributed by atoms with Gasteiger partial charge in [0, 0.05) is 16.9 Å². The van der Waals surface area contributed by atoms with E-state index in [4.69, 9.17) is 4.84 Å². The minimum absolute atomic E-state index is 0.0314. The number of benzene rings is 2. The van der Waals surface area contributed by atoms with Gasteiger partial charge >= 0.3 is 0 Å². The summed E-state index contributed by atoms with van der Waals surface area (Å²) < 4.78 is 0. The lowest BCUT2D eigenvalue weighted by atomic mass is 9.96. The summed E-state index contributed by atoms with van der Waals surface area (Å²) in [5.41, 5.74) is 8.67. The first-order valence-corrected chi connectivity index (χ1v) is 9.51. The molecule has 0 amide bonds. The van der Waals surface area contributed by atoms with Gasteiger partial charge in [-0.25, -0.2) is 0 Å². The van der Waals surface area contributed by atoms with Crippen molar-refractivity contribution in [2.24, 2.45) is 5.16 Å². The highest BCUT2D eigenvalue weighted by molar-refractivity contribution is 7.99. The Balaban J connectivity index is 1.83. The molecule has 0 N–H and O–H groups in total. The van der Waals surface area contributed by atoms with Crippen molar-refractivity contribution in [2.45, 2.75) is 52.0 Å². The van der Waals surface area contributed by atoms with Crippen molar-refractivity contribution in [1.82, 2.24) is 0 Å². The van der Waals surface area contributed by atoms with Crippen LogP contribution in [0.3, 0.4) is 0 Å². The molecule has 126 valence electrons. The maximum Gasteiger partial charge on any atom is 0.158 e. The van der Waals surface area contributed by atoms with Crippen molar-refractivity contribution >= 4 is 17.5 Å². The standard InChI is InChI=1S/C21H25NOS/c1-6-24-21-15(4)10-17(11-16(21)5)19-12-20(23-22-19)18-8-13(2)7-14(3)9-18/h7-11,20H,6,12H2,1-5H3. The van der Waals surface area contributed by atoms with E-state index in [0.717, 1.165) is 17.9 Å². The summed E-state index contributed by atoms with van der Waals surface area (Å²) in [5, 5.41) is 4.39. The second-order valence-corrected chi connectivity index (χ2v) is 7.90. The fourth-order valence-electron chi connectivity index (χ4n) is 3.41.